The zero-order valence-corrected chi connectivity index (χ0v) is 22.1. The third-order valence-electron chi connectivity index (χ3n) is 5.67. The van der Waals surface area contributed by atoms with E-state index < -0.39 is 0 Å². The summed E-state index contributed by atoms with van der Waals surface area (Å²) in [6, 6.07) is 0. The second kappa shape index (κ2) is 24.2. The molecular weight excluding hydrogens is 432 g/mol. The van der Waals surface area contributed by atoms with Crippen LogP contribution < -0.4 is 0 Å². The molecule has 0 aromatic rings. The Morgan fingerprint density at radius 1 is 0.735 bits per heavy atom. The molecule has 0 saturated carbocycles. The molecule has 0 heterocycles. The van der Waals surface area contributed by atoms with Crippen LogP contribution in [0.1, 0.15) is 110 Å². The quantitative estimate of drug-likeness (QED) is 0.0567. The Hall–Kier alpha value is -1.89. The molecule has 0 unspecified atom stereocenters. The number of ether oxygens (including phenoxy) is 2. The van der Waals surface area contributed by atoms with Crippen LogP contribution >= 0.6 is 0 Å². The maximum absolute atomic E-state index is 12.3. The van der Waals surface area contributed by atoms with Crippen molar-refractivity contribution in [1.29, 1.82) is 0 Å². The Kier molecular flexibility index (Phi) is 22.9. The van der Waals surface area contributed by atoms with Crippen LogP contribution in [0.3, 0.4) is 0 Å². The Morgan fingerprint density at radius 3 is 1.91 bits per heavy atom. The first-order chi connectivity index (χ1) is 16.5. The van der Waals surface area contributed by atoms with Crippen molar-refractivity contribution in [2.45, 2.75) is 110 Å². The smallest absolute Gasteiger partial charge is 0.307 e. The van der Waals surface area contributed by atoms with E-state index in [-0.39, 0.29) is 31.8 Å². The van der Waals surface area contributed by atoms with E-state index in [9.17, 15) is 14.4 Å². The molecule has 0 aliphatic rings. The molecule has 198 valence electrons. The van der Waals surface area contributed by atoms with E-state index in [4.69, 9.17) is 4.74 Å². The Labute approximate surface area is 208 Å². The minimum absolute atomic E-state index is 0.182. The van der Waals surface area contributed by atoms with Crippen molar-refractivity contribution in [1.82, 2.24) is 9.80 Å². The summed E-state index contributed by atoms with van der Waals surface area (Å²) in [5, 5.41) is 0. The van der Waals surface area contributed by atoms with Crippen molar-refractivity contribution in [2.24, 2.45) is 0 Å². The molecule has 0 aromatic heterocycles. The van der Waals surface area contributed by atoms with Crippen LogP contribution in [0.4, 0.5) is 0 Å². The van der Waals surface area contributed by atoms with E-state index in [2.05, 4.69) is 23.8 Å². The minimum atomic E-state index is -0.324. The summed E-state index contributed by atoms with van der Waals surface area (Å²) in [4.78, 5) is 38.0. The maximum Gasteiger partial charge on any atom is 0.307 e. The van der Waals surface area contributed by atoms with Gasteiger partial charge in [0.2, 0.25) is 5.91 Å². The van der Waals surface area contributed by atoms with Crippen molar-refractivity contribution in [3.8, 4) is 0 Å². The van der Waals surface area contributed by atoms with Crippen LogP contribution in [-0.4, -0.2) is 62.3 Å². The topological polar surface area (TPSA) is 76.1 Å². The normalized spacial score (nSPS) is 11.2. The summed E-state index contributed by atoms with van der Waals surface area (Å²) in [6.07, 6.45) is 21.7. The first-order valence-corrected chi connectivity index (χ1v) is 13.3. The van der Waals surface area contributed by atoms with Gasteiger partial charge in [0.25, 0.3) is 6.47 Å². The highest BCUT2D eigenvalue weighted by atomic mass is 16.6. The van der Waals surface area contributed by atoms with Gasteiger partial charge in [-0.2, -0.15) is 0 Å². The molecule has 34 heavy (non-hydrogen) atoms. The predicted octanol–water partition coefficient (Wildman–Crippen LogP) is 5.83. The summed E-state index contributed by atoms with van der Waals surface area (Å²) in [5.74, 6) is -0.521. The molecule has 0 saturated heterocycles. The first kappa shape index (κ1) is 32.1. The van der Waals surface area contributed by atoms with Gasteiger partial charge in [-0.25, -0.2) is 0 Å². The number of esters is 1. The van der Waals surface area contributed by atoms with Crippen molar-refractivity contribution < 1.29 is 23.9 Å². The number of amides is 1. The molecule has 0 radical (unpaired) electrons. The van der Waals surface area contributed by atoms with Gasteiger partial charge in [-0.15, -0.1) is 0 Å². The van der Waals surface area contributed by atoms with Gasteiger partial charge in [0.15, 0.2) is 13.5 Å². The number of unbranched alkanes of at least 4 members (excludes halogenated alkanes) is 11. The summed E-state index contributed by atoms with van der Waals surface area (Å²) >= 11 is 0. The lowest BCUT2D eigenvalue weighted by Crippen LogP contribution is -2.36. The predicted molar refractivity (Wildman–Crippen MR) is 137 cm³/mol. The van der Waals surface area contributed by atoms with Crippen molar-refractivity contribution >= 4 is 18.3 Å². The molecule has 0 bridgehead atoms. The van der Waals surface area contributed by atoms with Gasteiger partial charge in [0.1, 0.15) is 0 Å². The number of hydrogen-bond donors (Lipinski definition) is 0. The van der Waals surface area contributed by atoms with Gasteiger partial charge in [0.05, 0.1) is 0 Å². The molecule has 0 N–H and O–H groups in total. The molecule has 0 aliphatic heterocycles. The first-order valence-electron chi connectivity index (χ1n) is 13.3. The van der Waals surface area contributed by atoms with Crippen molar-refractivity contribution in [3.05, 3.63) is 12.2 Å². The minimum Gasteiger partial charge on any atom is -0.446 e. The molecule has 0 aromatic carbocycles. The second-order valence-corrected chi connectivity index (χ2v) is 9.21. The Bertz CT molecular complexity index is 537. The molecule has 0 rings (SSSR count). The van der Waals surface area contributed by atoms with Crippen LogP contribution in [0.25, 0.3) is 0 Å². The number of hydrogen-bond acceptors (Lipinski definition) is 6. The lowest BCUT2D eigenvalue weighted by atomic mass is 10.1. The fourth-order valence-corrected chi connectivity index (χ4v) is 3.57. The molecule has 0 spiro atoms. The number of carbonyl (C=O) groups excluding carboxylic acids is 3. The Morgan fingerprint density at radius 2 is 1.32 bits per heavy atom. The highest BCUT2D eigenvalue weighted by Gasteiger charge is 2.16. The monoisotopic (exact) mass is 482 g/mol. The van der Waals surface area contributed by atoms with E-state index in [0.29, 0.717) is 19.3 Å². The van der Waals surface area contributed by atoms with Crippen molar-refractivity contribution in [2.75, 3.05) is 34.1 Å². The van der Waals surface area contributed by atoms with E-state index in [1.807, 2.05) is 19.0 Å². The molecule has 0 fully saturated rings. The van der Waals surface area contributed by atoms with Crippen LogP contribution in [0.2, 0.25) is 0 Å². The average Bonchev–Trinajstić information content (AvgIpc) is 2.81. The van der Waals surface area contributed by atoms with E-state index in [1.165, 1.54) is 62.7 Å². The summed E-state index contributed by atoms with van der Waals surface area (Å²) in [6.45, 7) is 2.93. The summed E-state index contributed by atoms with van der Waals surface area (Å²) < 4.78 is 9.90. The third-order valence-corrected chi connectivity index (χ3v) is 5.67. The van der Waals surface area contributed by atoms with Gasteiger partial charge < -0.3 is 14.4 Å². The van der Waals surface area contributed by atoms with Gasteiger partial charge in [0, 0.05) is 12.8 Å². The highest BCUT2D eigenvalue weighted by molar-refractivity contribution is 5.76. The zero-order chi connectivity index (χ0) is 25.3. The molecule has 0 aliphatic carbocycles. The lowest BCUT2D eigenvalue weighted by Gasteiger charge is -2.21. The van der Waals surface area contributed by atoms with Crippen molar-refractivity contribution in [3.63, 3.8) is 0 Å². The molecule has 7 heteroatoms. The number of rotatable bonds is 24. The SMILES string of the molecule is CCCCCCCC/C=C\CCCCCCCC(=O)OCN(COC=O)C(=O)CCCN(C)C. The fourth-order valence-electron chi connectivity index (χ4n) is 3.57. The molecule has 0 atom stereocenters. The lowest BCUT2D eigenvalue weighted by molar-refractivity contribution is -0.159. The van der Waals surface area contributed by atoms with Crippen LogP contribution in [0.15, 0.2) is 12.2 Å². The number of carbonyl (C=O) groups is 3. The molecule has 7 nitrogen and oxygen atoms in total. The van der Waals surface area contributed by atoms with Gasteiger partial charge in [-0.3, -0.25) is 19.3 Å². The maximum atomic E-state index is 12.3. The second-order valence-electron chi connectivity index (χ2n) is 9.21. The van der Waals surface area contributed by atoms with Crippen LogP contribution in [0, 0.1) is 0 Å². The van der Waals surface area contributed by atoms with Gasteiger partial charge >= 0.3 is 5.97 Å². The van der Waals surface area contributed by atoms with E-state index in [1.54, 1.807) is 0 Å². The van der Waals surface area contributed by atoms with Gasteiger partial charge in [-0.1, -0.05) is 70.4 Å². The Balaban J connectivity index is 3.75. The van der Waals surface area contributed by atoms with Crippen LogP contribution in [0.5, 0.6) is 0 Å². The largest absolute Gasteiger partial charge is 0.446 e. The molecule has 1 amide bonds. The van der Waals surface area contributed by atoms with Gasteiger partial charge in [-0.05, 0) is 59.2 Å². The zero-order valence-electron chi connectivity index (χ0n) is 22.1. The molecular formula is C27H50N2O5. The van der Waals surface area contributed by atoms with E-state index in [0.717, 1.165) is 32.2 Å². The number of nitrogens with zero attached hydrogens (tertiary/aromatic N) is 2. The average molecular weight is 483 g/mol. The van der Waals surface area contributed by atoms with Crippen LogP contribution in [-0.2, 0) is 23.9 Å². The summed E-state index contributed by atoms with van der Waals surface area (Å²) in [7, 11) is 3.88. The standard InChI is InChI=1S/C27H50N2O5/c1-4-5-6-7-8-9-10-11-12-13-14-15-16-17-18-21-27(32)34-24-29(23-33-25-30)26(31)20-19-22-28(2)3/h11-12,25H,4-10,13-24H2,1-3H3/b12-11-. The fraction of sp³-hybridized carbons (Fsp3) is 0.815. The highest BCUT2D eigenvalue weighted by Crippen LogP contribution is 2.10. The third kappa shape index (κ3) is 21.9. The van der Waals surface area contributed by atoms with E-state index >= 15 is 0 Å². The number of allylic oxidation sites excluding steroid dienone is 2. The summed E-state index contributed by atoms with van der Waals surface area (Å²) in [5.41, 5.74) is 0.